The monoisotopic (exact) mass is 1050 g/mol. The lowest BCUT2D eigenvalue weighted by Crippen LogP contribution is -2.33. The average molecular weight is 1050 g/mol. The van der Waals surface area contributed by atoms with E-state index in [-0.39, 0.29) is 68.1 Å². The Morgan fingerprint density at radius 3 is 1.26 bits per heavy atom. The molecule has 0 fully saturated rings. The molecular formula is C46H36Cl4F6N8O6. The molecule has 0 heterocycles. The van der Waals surface area contributed by atoms with Gasteiger partial charge in [-0.1, -0.05) is 72.4 Å². The molecule has 0 spiro atoms. The summed E-state index contributed by atoms with van der Waals surface area (Å²) in [6.07, 6.45) is -8.87. The van der Waals surface area contributed by atoms with Crippen molar-refractivity contribution in [1.82, 2.24) is 0 Å². The zero-order chi connectivity index (χ0) is 51.8. The summed E-state index contributed by atoms with van der Waals surface area (Å²) in [7, 11) is 0. The van der Waals surface area contributed by atoms with Crippen LogP contribution in [0.25, 0.3) is 0 Å². The SMILES string of the molecule is CCc1cc(NC(=O)C(N=Nc2cccc(C(=O)Nc3ccc(C(F)(F)F)c(Cl)c3)c2Cl)C(C)=O)cc(CC)c1NC(=O)C(N=Nc1cccc(C(=O)Nc2ccc(C(F)(F)F)c(Cl)c2)c1Cl)C(C)=O. The summed E-state index contributed by atoms with van der Waals surface area (Å²) in [5.74, 6) is -4.96. The van der Waals surface area contributed by atoms with E-state index in [1.807, 2.05) is 0 Å². The lowest BCUT2D eigenvalue weighted by atomic mass is 10.0. The highest BCUT2D eigenvalue weighted by Gasteiger charge is 2.34. The Bertz CT molecular complexity index is 2940. The van der Waals surface area contributed by atoms with Gasteiger partial charge in [0.1, 0.15) is 11.4 Å². The summed E-state index contributed by atoms with van der Waals surface area (Å²) in [4.78, 5) is 78.7. The summed E-state index contributed by atoms with van der Waals surface area (Å²) in [6.45, 7) is 5.68. The van der Waals surface area contributed by atoms with Crippen molar-refractivity contribution in [1.29, 1.82) is 0 Å². The first-order chi connectivity index (χ1) is 32.8. The molecule has 0 aliphatic rings. The second kappa shape index (κ2) is 22.8. The molecule has 4 N–H and O–H groups in total. The van der Waals surface area contributed by atoms with Crippen molar-refractivity contribution in [2.45, 2.75) is 65.0 Å². The minimum absolute atomic E-state index is 0.0661. The molecule has 0 radical (unpaired) electrons. The number of carbonyl (C=O) groups is 6. The van der Waals surface area contributed by atoms with Gasteiger partial charge in [0.2, 0.25) is 12.1 Å². The number of hydrogen-bond donors (Lipinski definition) is 4. The Labute approximate surface area is 414 Å². The Morgan fingerprint density at radius 2 is 0.914 bits per heavy atom. The van der Waals surface area contributed by atoms with E-state index in [1.165, 1.54) is 48.5 Å². The Kier molecular flexibility index (Phi) is 17.6. The van der Waals surface area contributed by atoms with Crippen LogP contribution in [-0.4, -0.2) is 47.3 Å². The number of ketones is 2. The molecule has 14 nitrogen and oxygen atoms in total. The molecule has 0 saturated heterocycles. The number of azo groups is 2. The van der Waals surface area contributed by atoms with E-state index in [1.54, 1.807) is 13.8 Å². The number of halogens is 10. The quantitative estimate of drug-likeness (QED) is 0.0430. The molecule has 0 aromatic heterocycles. The van der Waals surface area contributed by atoms with Gasteiger partial charge in [-0.05, 0) is 111 Å². The van der Waals surface area contributed by atoms with Crippen LogP contribution in [0.4, 0.5) is 60.5 Å². The van der Waals surface area contributed by atoms with E-state index in [2.05, 4.69) is 41.7 Å². The summed E-state index contributed by atoms with van der Waals surface area (Å²) in [5.41, 5.74) is -1.48. The molecule has 0 bridgehead atoms. The number of hydrogen-bond acceptors (Lipinski definition) is 10. The number of alkyl halides is 6. The predicted octanol–water partition coefficient (Wildman–Crippen LogP) is 13.3. The average Bonchev–Trinajstić information content (AvgIpc) is 3.26. The molecule has 2 atom stereocenters. The molecule has 2 unspecified atom stereocenters. The Morgan fingerprint density at radius 1 is 0.529 bits per heavy atom. The number of rotatable bonds is 16. The third-order valence-electron chi connectivity index (χ3n) is 9.92. The van der Waals surface area contributed by atoms with E-state index < -0.39 is 80.8 Å². The minimum Gasteiger partial charge on any atom is -0.324 e. The largest absolute Gasteiger partial charge is 0.417 e. The van der Waals surface area contributed by atoms with Crippen LogP contribution < -0.4 is 21.3 Å². The lowest BCUT2D eigenvalue weighted by Gasteiger charge is -2.19. The fraction of sp³-hybridized carbons (Fsp3) is 0.217. The van der Waals surface area contributed by atoms with Crippen molar-refractivity contribution < 1.29 is 55.1 Å². The van der Waals surface area contributed by atoms with Crippen molar-refractivity contribution in [2.75, 3.05) is 21.3 Å². The highest BCUT2D eigenvalue weighted by Crippen LogP contribution is 2.38. The van der Waals surface area contributed by atoms with Crippen molar-refractivity contribution in [3.8, 4) is 0 Å². The van der Waals surface area contributed by atoms with Crippen molar-refractivity contribution in [3.05, 3.63) is 138 Å². The van der Waals surface area contributed by atoms with Gasteiger partial charge in [-0.15, -0.1) is 0 Å². The van der Waals surface area contributed by atoms with Crippen molar-refractivity contribution in [3.63, 3.8) is 0 Å². The molecule has 4 amide bonds. The molecule has 5 aromatic rings. The van der Waals surface area contributed by atoms with Crippen LogP contribution in [0.2, 0.25) is 20.1 Å². The molecule has 0 saturated carbocycles. The summed E-state index contributed by atoms with van der Waals surface area (Å²) < 4.78 is 78.9. The van der Waals surface area contributed by atoms with E-state index in [9.17, 15) is 55.1 Å². The summed E-state index contributed by atoms with van der Waals surface area (Å²) in [5, 5.41) is 24.0. The van der Waals surface area contributed by atoms with Crippen LogP contribution in [0.5, 0.6) is 0 Å². The molecule has 0 aliphatic carbocycles. The lowest BCUT2D eigenvalue weighted by molar-refractivity contribution is -0.138. The summed E-state index contributed by atoms with van der Waals surface area (Å²) >= 11 is 24.4. The predicted molar refractivity (Wildman–Crippen MR) is 252 cm³/mol. The number of aryl methyl sites for hydroxylation is 2. The maximum Gasteiger partial charge on any atom is 0.417 e. The standard InChI is InChI=1S/C46H36Cl4F6N8O6/c1-5-23-17-27(59-43(69)38(21(3)65)63-61-34-11-7-9-28(36(34)49)41(67)57-25-13-15-30(32(47)19-25)45(51,52)53)18-24(6-2)40(23)60-44(70)39(22(4)66)64-62-35-12-8-10-29(37(35)50)42(68)58-26-14-16-31(33(48)20-26)46(54,55)56/h7-20,38-39H,5-6H2,1-4H3,(H,57,67)(H,58,68)(H,59,69)(H,60,70). The Balaban J connectivity index is 1.30. The first-order valence-electron chi connectivity index (χ1n) is 20.4. The van der Waals surface area contributed by atoms with E-state index >= 15 is 0 Å². The first kappa shape index (κ1) is 54.2. The zero-order valence-corrected chi connectivity index (χ0v) is 39.7. The number of nitrogens with zero attached hydrogens (tertiary/aromatic N) is 4. The molecule has 70 heavy (non-hydrogen) atoms. The van der Waals surface area contributed by atoms with E-state index in [0.717, 1.165) is 38.1 Å². The molecule has 5 aromatic carbocycles. The Hall–Kier alpha value is -6.74. The number of benzene rings is 5. The molecular weight excluding hydrogens is 1020 g/mol. The maximum atomic E-state index is 13.7. The van der Waals surface area contributed by atoms with Crippen LogP contribution in [-0.2, 0) is 44.4 Å². The van der Waals surface area contributed by atoms with Gasteiger partial charge in [0.25, 0.3) is 23.6 Å². The maximum absolute atomic E-state index is 13.7. The van der Waals surface area contributed by atoms with E-state index in [4.69, 9.17) is 46.4 Å². The third-order valence-corrected chi connectivity index (χ3v) is 11.3. The fourth-order valence-electron chi connectivity index (χ4n) is 6.42. The van der Waals surface area contributed by atoms with Crippen LogP contribution >= 0.6 is 46.4 Å². The fourth-order valence-corrected chi connectivity index (χ4v) is 7.50. The highest BCUT2D eigenvalue weighted by atomic mass is 35.5. The van der Waals surface area contributed by atoms with Crippen LogP contribution in [0.15, 0.2) is 105 Å². The van der Waals surface area contributed by atoms with Gasteiger partial charge in [0.15, 0.2) is 11.6 Å². The number of anilines is 4. The van der Waals surface area contributed by atoms with Gasteiger partial charge in [0.05, 0.1) is 42.3 Å². The number of nitrogens with one attached hydrogen (secondary N) is 4. The number of amides is 4. The number of carbonyl (C=O) groups excluding carboxylic acids is 6. The minimum atomic E-state index is -4.72. The summed E-state index contributed by atoms with van der Waals surface area (Å²) in [6, 6.07) is 12.8. The van der Waals surface area contributed by atoms with Gasteiger partial charge in [-0.2, -0.15) is 46.8 Å². The second-order valence-corrected chi connectivity index (χ2v) is 16.5. The van der Waals surface area contributed by atoms with Gasteiger partial charge in [-0.3, -0.25) is 28.8 Å². The smallest absolute Gasteiger partial charge is 0.324 e. The van der Waals surface area contributed by atoms with E-state index in [0.29, 0.717) is 23.3 Å². The zero-order valence-electron chi connectivity index (χ0n) is 36.7. The molecule has 5 rings (SSSR count). The van der Waals surface area contributed by atoms with Gasteiger partial charge in [-0.25, -0.2) is 0 Å². The van der Waals surface area contributed by atoms with Crippen molar-refractivity contribution in [2.24, 2.45) is 20.5 Å². The van der Waals surface area contributed by atoms with Gasteiger partial charge in [0, 0.05) is 22.7 Å². The van der Waals surface area contributed by atoms with Gasteiger partial charge >= 0.3 is 12.4 Å². The molecule has 366 valence electrons. The topological polar surface area (TPSA) is 200 Å². The molecule has 0 aliphatic heterocycles. The van der Waals surface area contributed by atoms with Crippen LogP contribution in [0, 0.1) is 0 Å². The normalized spacial score (nSPS) is 12.7. The number of Topliss-reactive ketones (excluding diaryl/α,β-unsaturated/α-hetero) is 2. The van der Waals surface area contributed by atoms with Crippen molar-refractivity contribution >= 4 is 116 Å². The highest BCUT2D eigenvalue weighted by molar-refractivity contribution is 6.37. The van der Waals surface area contributed by atoms with Crippen LogP contribution in [0.1, 0.15) is 70.7 Å². The molecule has 24 heteroatoms. The third kappa shape index (κ3) is 13.3. The first-order valence-corrected chi connectivity index (χ1v) is 21.9. The van der Waals surface area contributed by atoms with Gasteiger partial charge < -0.3 is 21.3 Å². The van der Waals surface area contributed by atoms with Crippen LogP contribution in [0.3, 0.4) is 0 Å². The second-order valence-electron chi connectivity index (χ2n) is 14.9.